The van der Waals surface area contributed by atoms with Crippen molar-refractivity contribution in [3.05, 3.63) is 47.0 Å². The summed E-state index contributed by atoms with van der Waals surface area (Å²) >= 11 is 6.13. The number of anilines is 1. The van der Waals surface area contributed by atoms with E-state index < -0.39 is 0 Å². The van der Waals surface area contributed by atoms with Crippen LogP contribution in [0.3, 0.4) is 0 Å². The lowest BCUT2D eigenvalue weighted by molar-refractivity contribution is 0.733. The average molecular weight is 236 g/mol. The van der Waals surface area contributed by atoms with Gasteiger partial charge in [-0.3, -0.25) is 0 Å². The molecule has 0 amide bonds. The maximum Gasteiger partial charge on any atom is 0.108 e. The molecule has 0 unspecified atom stereocenters. The predicted octanol–water partition coefficient (Wildman–Crippen LogP) is 2.73. The SMILES string of the molecule is CCc1nccn1Cc1c(N)cccc1Cl. The number of hydrogen-bond acceptors (Lipinski definition) is 2. The molecule has 0 spiro atoms. The molecule has 0 atom stereocenters. The van der Waals surface area contributed by atoms with Gasteiger partial charge in [-0.1, -0.05) is 24.6 Å². The van der Waals surface area contributed by atoms with Crippen LogP contribution in [0.2, 0.25) is 5.02 Å². The third-order valence-electron chi connectivity index (χ3n) is 2.60. The van der Waals surface area contributed by atoms with Gasteiger partial charge in [-0.2, -0.15) is 0 Å². The highest BCUT2D eigenvalue weighted by atomic mass is 35.5. The lowest BCUT2D eigenvalue weighted by atomic mass is 10.2. The monoisotopic (exact) mass is 235 g/mol. The fourth-order valence-corrected chi connectivity index (χ4v) is 1.95. The first-order valence-corrected chi connectivity index (χ1v) is 5.63. The van der Waals surface area contributed by atoms with Gasteiger partial charge in [0.2, 0.25) is 0 Å². The van der Waals surface area contributed by atoms with Gasteiger partial charge < -0.3 is 10.3 Å². The van der Waals surface area contributed by atoms with E-state index in [4.69, 9.17) is 17.3 Å². The largest absolute Gasteiger partial charge is 0.398 e. The molecular formula is C12H14ClN3. The van der Waals surface area contributed by atoms with E-state index in [0.29, 0.717) is 11.6 Å². The summed E-state index contributed by atoms with van der Waals surface area (Å²) in [4.78, 5) is 4.27. The highest BCUT2D eigenvalue weighted by Crippen LogP contribution is 2.23. The lowest BCUT2D eigenvalue weighted by Crippen LogP contribution is -2.06. The standard InChI is InChI=1S/C12H14ClN3/c1-2-12-15-6-7-16(12)8-9-10(13)4-3-5-11(9)14/h3-7H,2,8,14H2,1H3. The summed E-state index contributed by atoms with van der Waals surface area (Å²) in [7, 11) is 0. The first-order chi connectivity index (χ1) is 7.72. The molecule has 2 rings (SSSR count). The molecular weight excluding hydrogens is 222 g/mol. The van der Waals surface area contributed by atoms with Gasteiger partial charge >= 0.3 is 0 Å². The van der Waals surface area contributed by atoms with Crippen molar-refractivity contribution < 1.29 is 0 Å². The molecule has 0 saturated heterocycles. The Morgan fingerprint density at radius 3 is 2.94 bits per heavy atom. The number of aryl methyl sites for hydroxylation is 1. The van der Waals surface area contributed by atoms with E-state index >= 15 is 0 Å². The van der Waals surface area contributed by atoms with E-state index in [2.05, 4.69) is 16.5 Å². The molecule has 0 aliphatic carbocycles. The number of imidazole rings is 1. The summed E-state index contributed by atoms with van der Waals surface area (Å²) in [5.74, 6) is 1.04. The zero-order valence-electron chi connectivity index (χ0n) is 9.15. The van der Waals surface area contributed by atoms with E-state index in [1.165, 1.54) is 0 Å². The van der Waals surface area contributed by atoms with Crippen molar-refractivity contribution in [3.63, 3.8) is 0 Å². The zero-order chi connectivity index (χ0) is 11.5. The van der Waals surface area contributed by atoms with Gasteiger partial charge in [-0.05, 0) is 12.1 Å². The van der Waals surface area contributed by atoms with Gasteiger partial charge in [0, 0.05) is 35.1 Å². The Labute approximate surface area is 99.9 Å². The molecule has 0 aliphatic heterocycles. The van der Waals surface area contributed by atoms with Crippen LogP contribution < -0.4 is 5.73 Å². The predicted molar refractivity (Wildman–Crippen MR) is 66.6 cm³/mol. The van der Waals surface area contributed by atoms with Crippen LogP contribution in [0.25, 0.3) is 0 Å². The van der Waals surface area contributed by atoms with Crippen LogP contribution in [0.5, 0.6) is 0 Å². The molecule has 84 valence electrons. The molecule has 1 aromatic carbocycles. The van der Waals surface area contributed by atoms with Crippen LogP contribution in [0.1, 0.15) is 18.3 Å². The fraction of sp³-hybridized carbons (Fsp3) is 0.250. The van der Waals surface area contributed by atoms with Crippen LogP contribution in [-0.2, 0) is 13.0 Å². The summed E-state index contributed by atoms with van der Waals surface area (Å²) in [6.45, 7) is 2.75. The minimum atomic E-state index is 0.675. The second-order valence-corrected chi connectivity index (χ2v) is 4.04. The van der Waals surface area contributed by atoms with Crippen LogP contribution >= 0.6 is 11.6 Å². The van der Waals surface area contributed by atoms with Crippen LogP contribution in [0.15, 0.2) is 30.6 Å². The minimum Gasteiger partial charge on any atom is -0.398 e. The lowest BCUT2D eigenvalue weighted by Gasteiger charge is -2.10. The van der Waals surface area contributed by atoms with Gasteiger partial charge in [0.05, 0.1) is 6.54 Å². The second kappa shape index (κ2) is 4.58. The van der Waals surface area contributed by atoms with Crippen LogP contribution in [0, 0.1) is 0 Å². The molecule has 1 aromatic heterocycles. The Morgan fingerprint density at radius 2 is 2.25 bits per heavy atom. The molecule has 0 saturated carbocycles. The summed E-state index contributed by atoms with van der Waals surface area (Å²) in [5, 5.41) is 0.704. The first-order valence-electron chi connectivity index (χ1n) is 5.25. The van der Waals surface area contributed by atoms with Gasteiger partial charge in [-0.25, -0.2) is 4.98 Å². The Hall–Kier alpha value is -1.48. The van der Waals surface area contributed by atoms with Gasteiger partial charge in [0.25, 0.3) is 0 Å². The molecule has 0 bridgehead atoms. The van der Waals surface area contributed by atoms with Gasteiger partial charge in [0.1, 0.15) is 5.82 Å². The maximum absolute atomic E-state index is 6.13. The smallest absolute Gasteiger partial charge is 0.108 e. The molecule has 0 fully saturated rings. The molecule has 16 heavy (non-hydrogen) atoms. The quantitative estimate of drug-likeness (QED) is 0.832. The van der Waals surface area contributed by atoms with Crippen LogP contribution in [-0.4, -0.2) is 9.55 Å². The number of nitrogens with zero attached hydrogens (tertiary/aromatic N) is 2. The van der Waals surface area contributed by atoms with Crippen molar-refractivity contribution >= 4 is 17.3 Å². The van der Waals surface area contributed by atoms with E-state index in [9.17, 15) is 0 Å². The number of nitrogen functional groups attached to an aromatic ring is 1. The van der Waals surface area contributed by atoms with E-state index in [1.54, 1.807) is 6.20 Å². The molecule has 2 N–H and O–H groups in total. The molecule has 0 radical (unpaired) electrons. The Balaban J connectivity index is 2.34. The minimum absolute atomic E-state index is 0.675. The van der Waals surface area contributed by atoms with E-state index in [1.807, 2.05) is 24.4 Å². The Bertz CT molecular complexity index is 471. The van der Waals surface area contributed by atoms with Crippen molar-refractivity contribution in [1.29, 1.82) is 0 Å². The van der Waals surface area contributed by atoms with E-state index in [-0.39, 0.29) is 0 Å². The van der Waals surface area contributed by atoms with Gasteiger partial charge in [0.15, 0.2) is 0 Å². The topological polar surface area (TPSA) is 43.8 Å². The zero-order valence-corrected chi connectivity index (χ0v) is 9.91. The second-order valence-electron chi connectivity index (χ2n) is 3.63. The number of aromatic nitrogens is 2. The van der Waals surface area contributed by atoms with E-state index in [0.717, 1.165) is 23.5 Å². The third-order valence-corrected chi connectivity index (χ3v) is 2.96. The van der Waals surface area contributed by atoms with Crippen molar-refractivity contribution in [3.8, 4) is 0 Å². The molecule has 1 heterocycles. The first kappa shape index (κ1) is 11.0. The van der Waals surface area contributed by atoms with Crippen molar-refractivity contribution in [1.82, 2.24) is 9.55 Å². The Kier molecular flexibility index (Phi) is 3.15. The maximum atomic E-state index is 6.13. The molecule has 0 aliphatic rings. The summed E-state index contributed by atoms with van der Waals surface area (Å²) in [6.07, 6.45) is 4.64. The van der Waals surface area contributed by atoms with Gasteiger partial charge in [-0.15, -0.1) is 0 Å². The number of nitrogens with two attached hydrogens (primary N) is 1. The third kappa shape index (κ3) is 2.04. The summed E-state index contributed by atoms with van der Waals surface area (Å²) < 4.78 is 2.07. The Morgan fingerprint density at radius 1 is 1.44 bits per heavy atom. The number of rotatable bonds is 3. The normalized spacial score (nSPS) is 10.6. The summed E-state index contributed by atoms with van der Waals surface area (Å²) in [6, 6.07) is 5.58. The number of benzene rings is 1. The summed E-state index contributed by atoms with van der Waals surface area (Å²) in [5.41, 5.74) is 7.59. The molecule has 3 nitrogen and oxygen atoms in total. The van der Waals surface area contributed by atoms with Crippen molar-refractivity contribution in [2.24, 2.45) is 0 Å². The molecule has 2 aromatic rings. The highest BCUT2D eigenvalue weighted by molar-refractivity contribution is 6.31. The molecule has 4 heteroatoms. The number of hydrogen-bond donors (Lipinski definition) is 1. The number of halogens is 1. The fourth-order valence-electron chi connectivity index (χ4n) is 1.71. The average Bonchev–Trinajstić information content (AvgIpc) is 2.71. The van der Waals surface area contributed by atoms with Crippen molar-refractivity contribution in [2.75, 3.05) is 5.73 Å². The highest BCUT2D eigenvalue weighted by Gasteiger charge is 2.07. The van der Waals surface area contributed by atoms with Crippen molar-refractivity contribution in [2.45, 2.75) is 19.9 Å². The van der Waals surface area contributed by atoms with Crippen LogP contribution in [0.4, 0.5) is 5.69 Å².